The van der Waals surface area contributed by atoms with Crippen LogP contribution in [0.3, 0.4) is 0 Å². The van der Waals surface area contributed by atoms with Crippen LogP contribution >= 0.6 is 0 Å². The molecule has 1 amide bonds. The minimum atomic E-state index is 0.205. The Bertz CT molecular complexity index is 188. The van der Waals surface area contributed by atoms with E-state index in [1.807, 2.05) is 11.8 Å². The van der Waals surface area contributed by atoms with Crippen molar-refractivity contribution in [2.24, 2.45) is 11.7 Å². The fourth-order valence-corrected chi connectivity index (χ4v) is 2.19. The van der Waals surface area contributed by atoms with Crippen molar-refractivity contribution < 1.29 is 4.79 Å². The summed E-state index contributed by atoms with van der Waals surface area (Å²) >= 11 is 0. The van der Waals surface area contributed by atoms with Crippen molar-refractivity contribution in [3.05, 3.63) is 0 Å². The normalized spacial score (nSPS) is 26.5. The van der Waals surface area contributed by atoms with Crippen molar-refractivity contribution in [1.29, 1.82) is 0 Å². The number of nitrogens with zero attached hydrogens (tertiary/aromatic N) is 1. The number of rotatable bonds is 4. The van der Waals surface area contributed by atoms with Gasteiger partial charge in [-0.25, -0.2) is 0 Å². The molecule has 0 aromatic carbocycles. The van der Waals surface area contributed by atoms with Crippen LogP contribution in [0, 0.1) is 5.92 Å². The second kappa shape index (κ2) is 5.35. The van der Waals surface area contributed by atoms with Crippen LogP contribution in [-0.2, 0) is 4.79 Å². The van der Waals surface area contributed by atoms with Gasteiger partial charge >= 0.3 is 0 Å². The van der Waals surface area contributed by atoms with Crippen molar-refractivity contribution in [1.82, 2.24) is 4.90 Å². The van der Waals surface area contributed by atoms with Gasteiger partial charge in [0.2, 0.25) is 5.91 Å². The molecule has 0 radical (unpaired) electrons. The van der Waals surface area contributed by atoms with E-state index in [2.05, 4.69) is 6.92 Å². The Morgan fingerprint density at radius 2 is 2.14 bits per heavy atom. The van der Waals surface area contributed by atoms with Crippen LogP contribution in [0.5, 0.6) is 0 Å². The summed E-state index contributed by atoms with van der Waals surface area (Å²) in [5, 5.41) is 0. The largest absolute Gasteiger partial charge is 0.343 e. The van der Waals surface area contributed by atoms with Crippen molar-refractivity contribution in [3.63, 3.8) is 0 Å². The minimum absolute atomic E-state index is 0.205. The van der Waals surface area contributed by atoms with Crippen LogP contribution in [-0.4, -0.2) is 29.9 Å². The summed E-state index contributed by atoms with van der Waals surface area (Å²) in [7, 11) is 0. The average molecular weight is 198 g/mol. The van der Waals surface area contributed by atoms with E-state index >= 15 is 0 Å². The lowest BCUT2D eigenvalue weighted by atomic mass is 10.1. The maximum atomic E-state index is 12.0. The summed E-state index contributed by atoms with van der Waals surface area (Å²) in [6.45, 7) is 5.87. The first-order valence-electron chi connectivity index (χ1n) is 5.73. The SMILES string of the molecule is CCCN(CC)C(=O)C1CCC(N)C1. The summed E-state index contributed by atoms with van der Waals surface area (Å²) in [6.07, 6.45) is 3.93. The van der Waals surface area contributed by atoms with E-state index in [0.717, 1.165) is 38.8 Å². The van der Waals surface area contributed by atoms with E-state index in [0.29, 0.717) is 5.91 Å². The van der Waals surface area contributed by atoms with Crippen molar-refractivity contribution in [2.75, 3.05) is 13.1 Å². The standard InChI is InChI=1S/C11H22N2O/c1-3-7-13(4-2)11(14)9-5-6-10(12)8-9/h9-10H,3-8,12H2,1-2H3. The molecule has 2 unspecified atom stereocenters. The van der Waals surface area contributed by atoms with Crippen molar-refractivity contribution >= 4 is 5.91 Å². The zero-order valence-electron chi connectivity index (χ0n) is 9.33. The first-order valence-corrected chi connectivity index (χ1v) is 5.73. The molecule has 1 rings (SSSR count). The lowest BCUT2D eigenvalue weighted by molar-refractivity contribution is -0.135. The first kappa shape index (κ1) is 11.5. The molecule has 0 heterocycles. The van der Waals surface area contributed by atoms with E-state index < -0.39 is 0 Å². The molecule has 1 saturated carbocycles. The zero-order valence-corrected chi connectivity index (χ0v) is 9.33. The molecule has 0 aromatic heterocycles. The van der Waals surface area contributed by atoms with E-state index in [4.69, 9.17) is 5.73 Å². The third-order valence-corrected chi connectivity index (χ3v) is 3.01. The summed E-state index contributed by atoms with van der Waals surface area (Å²) in [4.78, 5) is 13.9. The van der Waals surface area contributed by atoms with Crippen LogP contribution in [0.15, 0.2) is 0 Å². The highest BCUT2D eigenvalue weighted by Crippen LogP contribution is 2.25. The topological polar surface area (TPSA) is 46.3 Å². The van der Waals surface area contributed by atoms with Crippen LogP contribution in [0.4, 0.5) is 0 Å². The quantitative estimate of drug-likeness (QED) is 0.741. The first-order chi connectivity index (χ1) is 6.69. The molecule has 0 spiro atoms. The zero-order chi connectivity index (χ0) is 10.6. The molecule has 82 valence electrons. The second-order valence-corrected chi connectivity index (χ2v) is 4.19. The molecule has 0 bridgehead atoms. The Labute approximate surface area is 86.6 Å². The summed E-state index contributed by atoms with van der Waals surface area (Å²) in [5.41, 5.74) is 5.81. The maximum absolute atomic E-state index is 12.0. The molecular weight excluding hydrogens is 176 g/mol. The van der Waals surface area contributed by atoms with Crippen molar-refractivity contribution in [2.45, 2.75) is 45.6 Å². The number of amides is 1. The molecule has 1 fully saturated rings. The van der Waals surface area contributed by atoms with Crippen LogP contribution < -0.4 is 5.73 Å². The van der Waals surface area contributed by atoms with E-state index in [9.17, 15) is 4.79 Å². The second-order valence-electron chi connectivity index (χ2n) is 4.19. The molecule has 2 N–H and O–H groups in total. The predicted molar refractivity (Wildman–Crippen MR) is 57.9 cm³/mol. The Balaban J connectivity index is 2.45. The fourth-order valence-electron chi connectivity index (χ4n) is 2.19. The number of carbonyl (C=O) groups is 1. The monoisotopic (exact) mass is 198 g/mol. The number of hydrogen-bond donors (Lipinski definition) is 1. The Kier molecular flexibility index (Phi) is 4.39. The summed E-state index contributed by atoms with van der Waals surface area (Å²) in [5.74, 6) is 0.527. The van der Waals surface area contributed by atoms with E-state index in [1.54, 1.807) is 0 Å². The van der Waals surface area contributed by atoms with Gasteiger partial charge in [0.15, 0.2) is 0 Å². The maximum Gasteiger partial charge on any atom is 0.225 e. The average Bonchev–Trinajstić information content (AvgIpc) is 2.60. The number of hydrogen-bond acceptors (Lipinski definition) is 2. The highest BCUT2D eigenvalue weighted by molar-refractivity contribution is 5.79. The summed E-state index contributed by atoms with van der Waals surface area (Å²) < 4.78 is 0. The molecule has 0 aromatic rings. The highest BCUT2D eigenvalue weighted by Gasteiger charge is 2.29. The van der Waals surface area contributed by atoms with E-state index in [-0.39, 0.29) is 12.0 Å². The van der Waals surface area contributed by atoms with Crippen molar-refractivity contribution in [3.8, 4) is 0 Å². The lowest BCUT2D eigenvalue weighted by Crippen LogP contribution is -2.36. The molecule has 0 saturated heterocycles. The third-order valence-electron chi connectivity index (χ3n) is 3.01. The van der Waals surface area contributed by atoms with Gasteiger partial charge < -0.3 is 10.6 Å². The molecule has 1 aliphatic rings. The smallest absolute Gasteiger partial charge is 0.225 e. The lowest BCUT2D eigenvalue weighted by Gasteiger charge is -2.23. The minimum Gasteiger partial charge on any atom is -0.343 e. The van der Waals surface area contributed by atoms with Gasteiger partial charge in [0.1, 0.15) is 0 Å². The number of carbonyl (C=O) groups excluding carboxylic acids is 1. The molecule has 3 nitrogen and oxygen atoms in total. The fraction of sp³-hybridized carbons (Fsp3) is 0.909. The third kappa shape index (κ3) is 2.71. The van der Waals surface area contributed by atoms with Crippen LogP contribution in [0.1, 0.15) is 39.5 Å². The molecule has 1 aliphatic carbocycles. The molecule has 2 atom stereocenters. The predicted octanol–water partition coefficient (Wildman–Crippen LogP) is 1.37. The molecule has 14 heavy (non-hydrogen) atoms. The molecule has 0 aliphatic heterocycles. The van der Waals surface area contributed by atoms with Crippen LogP contribution in [0.25, 0.3) is 0 Å². The summed E-state index contributed by atoms with van der Waals surface area (Å²) in [6, 6.07) is 0.254. The van der Waals surface area contributed by atoms with Crippen LogP contribution in [0.2, 0.25) is 0 Å². The van der Waals surface area contributed by atoms with Gasteiger partial charge in [-0.2, -0.15) is 0 Å². The van der Waals surface area contributed by atoms with Gasteiger partial charge in [-0.05, 0) is 32.6 Å². The highest BCUT2D eigenvalue weighted by atomic mass is 16.2. The number of nitrogens with two attached hydrogens (primary N) is 1. The Morgan fingerprint density at radius 3 is 2.57 bits per heavy atom. The van der Waals surface area contributed by atoms with E-state index in [1.165, 1.54) is 0 Å². The van der Waals surface area contributed by atoms with Gasteiger partial charge in [0.25, 0.3) is 0 Å². The van der Waals surface area contributed by atoms with Gasteiger partial charge in [-0.15, -0.1) is 0 Å². The molecular formula is C11H22N2O. The van der Waals surface area contributed by atoms with Gasteiger partial charge in [0.05, 0.1) is 0 Å². The molecule has 3 heteroatoms. The van der Waals surface area contributed by atoms with Gasteiger partial charge in [-0.1, -0.05) is 6.92 Å². The Hall–Kier alpha value is -0.570. The van der Waals surface area contributed by atoms with Gasteiger partial charge in [-0.3, -0.25) is 4.79 Å². The Morgan fingerprint density at radius 1 is 1.43 bits per heavy atom. The van der Waals surface area contributed by atoms with Gasteiger partial charge in [0, 0.05) is 25.0 Å².